The molecule has 1 aliphatic rings. The third-order valence-electron chi connectivity index (χ3n) is 7.03. The molecule has 0 bridgehead atoms. The largest absolute Gasteiger partial charge is 0.493 e. The Hall–Kier alpha value is -5.35. The topological polar surface area (TPSA) is 195 Å². The Morgan fingerprint density at radius 2 is 1.60 bits per heavy atom. The van der Waals surface area contributed by atoms with E-state index in [1.54, 1.807) is 53.1 Å². The van der Waals surface area contributed by atoms with Gasteiger partial charge in [-0.15, -0.1) is 10.2 Å². The van der Waals surface area contributed by atoms with Gasteiger partial charge in [0.25, 0.3) is 6.29 Å². The van der Waals surface area contributed by atoms with Gasteiger partial charge in [0.1, 0.15) is 17.6 Å². The van der Waals surface area contributed by atoms with Crippen molar-refractivity contribution in [1.29, 1.82) is 0 Å². The van der Waals surface area contributed by atoms with Crippen molar-refractivity contribution in [3.05, 3.63) is 65.4 Å². The van der Waals surface area contributed by atoms with Crippen molar-refractivity contribution in [1.82, 2.24) is 19.7 Å². The number of hydrogen-bond donors (Lipinski definition) is 1. The van der Waals surface area contributed by atoms with E-state index >= 15 is 0 Å². The van der Waals surface area contributed by atoms with Crippen LogP contribution in [0.1, 0.15) is 39.8 Å². The summed E-state index contributed by atoms with van der Waals surface area (Å²) in [6.45, 7) is 4.69. The fourth-order valence-electron chi connectivity index (χ4n) is 5.24. The molecule has 16 nitrogen and oxygen atoms in total. The standard InChI is InChI=1S/C31H31ClN6O10/c1-16(39)12-25-27(44-17(2)40)28(45-18(3)41)29(46-19(4)42)31(47-25)48-38-15-22(34-36-38)14-37-24-11-6-5-10-23(24)26(30(37)43)35-33-21-9-7-8-20(32)13-21/h5-11,13,15,25,27-29,31,43H,12,14H2,1-4H3/t25-,27+,28+,29-,31+/m1/s1. The molecule has 17 heteroatoms. The van der Waals surface area contributed by atoms with Crippen LogP contribution < -0.4 is 4.84 Å². The van der Waals surface area contributed by atoms with Crippen LogP contribution in [0.15, 0.2) is 65.0 Å². The van der Waals surface area contributed by atoms with Gasteiger partial charge in [0, 0.05) is 37.6 Å². The van der Waals surface area contributed by atoms with E-state index in [-0.39, 0.29) is 30.3 Å². The van der Waals surface area contributed by atoms with E-state index in [9.17, 15) is 24.3 Å². The molecule has 2 aromatic heterocycles. The van der Waals surface area contributed by atoms with E-state index < -0.39 is 48.6 Å². The van der Waals surface area contributed by atoms with E-state index in [4.69, 9.17) is 35.4 Å². The van der Waals surface area contributed by atoms with Gasteiger partial charge in [0.05, 0.1) is 23.9 Å². The first-order valence-corrected chi connectivity index (χ1v) is 15.0. The quantitative estimate of drug-likeness (QED) is 0.136. The van der Waals surface area contributed by atoms with Crippen LogP contribution in [-0.2, 0) is 44.7 Å². The third-order valence-corrected chi connectivity index (χ3v) is 7.26. The molecular formula is C31H31ClN6O10. The summed E-state index contributed by atoms with van der Waals surface area (Å²) in [5.74, 6) is -2.80. The van der Waals surface area contributed by atoms with Crippen LogP contribution in [0.2, 0.25) is 5.02 Å². The highest BCUT2D eigenvalue weighted by Crippen LogP contribution is 2.40. The highest BCUT2D eigenvalue weighted by atomic mass is 35.5. The molecule has 0 radical (unpaired) electrons. The zero-order valence-electron chi connectivity index (χ0n) is 26.2. The van der Waals surface area contributed by atoms with Crippen molar-refractivity contribution < 1.29 is 48.1 Å². The number of azo groups is 1. The van der Waals surface area contributed by atoms with Gasteiger partial charge < -0.3 is 33.5 Å². The minimum atomic E-state index is -1.50. The summed E-state index contributed by atoms with van der Waals surface area (Å²) in [4.78, 5) is 55.0. The number of fused-ring (bicyclic) bond motifs is 1. The van der Waals surface area contributed by atoms with Gasteiger partial charge in [0.15, 0.2) is 17.9 Å². The zero-order chi connectivity index (χ0) is 34.5. The summed E-state index contributed by atoms with van der Waals surface area (Å²) >= 11 is 6.06. The van der Waals surface area contributed by atoms with Gasteiger partial charge in [-0.05, 0) is 36.4 Å². The summed E-state index contributed by atoms with van der Waals surface area (Å²) in [6.07, 6.45) is -5.65. The van der Waals surface area contributed by atoms with Crippen molar-refractivity contribution in [3.63, 3.8) is 0 Å². The first-order valence-electron chi connectivity index (χ1n) is 14.6. The molecule has 1 aliphatic heterocycles. The first-order chi connectivity index (χ1) is 22.9. The first kappa shape index (κ1) is 34.0. The Morgan fingerprint density at radius 3 is 2.29 bits per heavy atom. The highest BCUT2D eigenvalue weighted by Gasteiger charge is 2.53. The van der Waals surface area contributed by atoms with E-state index in [1.807, 2.05) is 0 Å². The zero-order valence-corrected chi connectivity index (χ0v) is 26.9. The van der Waals surface area contributed by atoms with Crippen molar-refractivity contribution in [2.75, 3.05) is 0 Å². The molecule has 2 aromatic carbocycles. The average Bonchev–Trinajstić information content (AvgIpc) is 3.56. The molecule has 48 heavy (non-hydrogen) atoms. The Kier molecular flexibility index (Phi) is 10.3. The van der Waals surface area contributed by atoms with E-state index in [0.29, 0.717) is 27.3 Å². The lowest BCUT2D eigenvalue weighted by molar-refractivity contribution is -0.305. The Labute approximate surface area is 278 Å². The van der Waals surface area contributed by atoms with Crippen LogP contribution >= 0.6 is 11.6 Å². The van der Waals surface area contributed by atoms with E-state index in [1.165, 1.54) is 13.1 Å². The molecule has 1 N–H and O–H groups in total. The van der Waals surface area contributed by atoms with E-state index in [2.05, 4.69) is 20.5 Å². The Morgan fingerprint density at radius 1 is 0.917 bits per heavy atom. The number of hydrogen-bond acceptors (Lipinski definition) is 14. The number of benzene rings is 2. The van der Waals surface area contributed by atoms with Gasteiger partial charge >= 0.3 is 17.9 Å². The number of aromatic nitrogens is 4. The Balaban J connectivity index is 1.43. The number of aromatic hydroxyl groups is 1. The van der Waals surface area contributed by atoms with Gasteiger partial charge in [-0.1, -0.05) is 40.7 Å². The lowest BCUT2D eigenvalue weighted by Gasteiger charge is -2.43. The van der Waals surface area contributed by atoms with Gasteiger partial charge in [-0.2, -0.15) is 5.11 Å². The maximum Gasteiger partial charge on any atom is 0.303 e. The van der Waals surface area contributed by atoms with E-state index in [0.717, 1.165) is 25.6 Å². The Bertz CT molecular complexity index is 1870. The van der Waals surface area contributed by atoms with Crippen molar-refractivity contribution in [2.45, 2.75) is 71.4 Å². The predicted molar refractivity (Wildman–Crippen MR) is 166 cm³/mol. The maximum atomic E-state index is 12.1. The van der Waals surface area contributed by atoms with Crippen LogP contribution in [0.4, 0.5) is 11.4 Å². The van der Waals surface area contributed by atoms with Crippen LogP contribution in [0.5, 0.6) is 5.88 Å². The summed E-state index contributed by atoms with van der Waals surface area (Å²) < 4.78 is 23.7. The number of carbonyl (C=O) groups is 4. The number of para-hydroxylation sites is 1. The van der Waals surface area contributed by atoms with Crippen LogP contribution in [0.25, 0.3) is 10.9 Å². The number of esters is 3. The number of ketones is 1. The molecule has 252 valence electrons. The predicted octanol–water partition coefficient (Wildman–Crippen LogP) is 3.98. The SMILES string of the molecule is CC(=O)C[C@H]1O[C@@H](On2cc(Cn3c(O)c(N=Nc4cccc(Cl)c4)c4ccccc43)nn2)[C@H](OC(C)=O)[C@@H](OC(C)=O)[C@H]1OC(C)=O. The molecule has 0 amide bonds. The van der Waals surface area contributed by atoms with Gasteiger partial charge in [-0.3, -0.25) is 19.2 Å². The third kappa shape index (κ3) is 7.95. The second kappa shape index (κ2) is 14.6. The van der Waals surface area contributed by atoms with Crippen LogP contribution in [-0.4, -0.2) is 79.2 Å². The summed E-state index contributed by atoms with van der Waals surface area (Å²) in [5, 5.41) is 28.9. The number of Topliss-reactive ketones (excluding diaryl/α,β-unsaturated/α-hetero) is 1. The number of ether oxygens (including phenoxy) is 4. The number of rotatable bonds is 11. The smallest absolute Gasteiger partial charge is 0.303 e. The monoisotopic (exact) mass is 682 g/mol. The van der Waals surface area contributed by atoms with Crippen molar-refractivity contribution in [3.8, 4) is 5.88 Å². The molecule has 1 fully saturated rings. The fourth-order valence-corrected chi connectivity index (χ4v) is 5.42. The summed E-state index contributed by atoms with van der Waals surface area (Å²) in [6, 6.07) is 14.0. The van der Waals surface area contributed by atoms with Gasteiger partial charge in [-0.25, -0.2) is 0 Å². The minimum Gasteiger partial charge on any atom is -0.493 e. The average molecular weight is 683 g/mol. The second-order valence-electron chi connectivity index (χ2n) is 10.8. The number of nitrogens with zero attached hydrogens (tertiary/aromatic N) is 6. The molecule has 5 atom stereocenters. The van der Waals surface area contributed by atoms with Crippen molar-refractivity contribution >= 4 is 57.6 Å². The molecule has 0 saturated carbocycles. The van der Waals surface area contributed by atoms with Crippen molar-refractivity contribution in [2.24, 2.45) is 10.2 Å². The molecular weight excluding hydrogens is 652 g/mol. The highest BCUT2D eigenvalue weighted by molar-refractivity contribution is 6.30. The number of carbonyl (C=O) groups excluding carboxylic acids is 4. The molecule has 0 spiro atoms. The number of halogens is 1. The lowest BCUT2D eigenvalue weighted by Crippen LogP contribution is -2.63. The summed E-state index contributed by atoms with van der Waals surface area (Å²) in [5.41, 5.74) is 1.67. The van der Waals surface area contributed by atoms with Crippen LogP contribution in [0.3, 0.4) is 0 Å². The molecule has 0 aliphatic carbocycles. The second-order valence-corrected chi connectivity index (χ2v) is 11.3. The van der Waals surface area contributed by atoms with Gasteiger partial charge in [0.2, 0.25) is 12.0 Å². The molecule has 5 rings (SSSR count). The molecule has 4 aromatic rings. The molecule has 0 unspecified atom stereocenters. The molecule has 1 saturated heterocycles. The summed E-state index contributed by atoms with van der Waals surface area (Å²) in [7, 11) is 0. The normalized spacial score (nSPS) is 20.8. The lowest BCUT2D eigenvalue weighted by atomic mass is 9.95. The minimum absolute atomic E-state index is 0.0127. The fraction of sp³-hybridized carbons (Fsp3) is 0.355. The maximum absolute atomic E-state index is 12.1. The molecule has 3 heterocycles. The van der Waals surface area contributed by atoms with Crippen LogP contribution in [0, 0.1) is 0 Å².